The molecule has 1 aliphatic heterocycles. The first-order chi connectivity index (χ1) is 17.2. The second-order valence-corrected chi connectivity index (χ2v) is 10.5. The fourth-order valence-corrected chi connectivity index (χ4v) is 6.19. The Bertz CT molecular complexity index is 1420. The van der Waals surface area contributed by atoms with Crippen molar-refractivity contribution in [3.8, 4) is 0 Å². The van der Waals surface area contributed by atoms with Crippen molar-refractivity contribution in [2.24, 2.45) is 0 Å². The van der Waals surface area contributed by atoms with Gasteiger partial charge in [-0.15, -0.1) is 11.3 Å². The molecule has 10 nitrogen and oxygen atoms in total. The number of thiophene rings is 1. The molecule has 0 radical (unpaired) electrons. The van der Waals surface area contributed by atoms with Gasteiger partial charge in [-0.3, -0.25) is 9.52 Å². The highest BCUT2D eigenvalue weighted by atomic mass is 32.2. The summed E-state index contributed by atoms with van der Waals surface area (Å²) < 4.78 is 37.8. The molecule has 0 unspecified atom stereocenters. The van der Waals surface area contributed by atoms with Crippen LogP contribution < -0.4 is 10.0 Å². The first kappa shape index (κ1) is 25.2. The van der Waals surface area contributed by atoms with E-state index in [1.54, 1.807) is 30.3 Å². The molecule has 2 aromatic carbocycles. The summed E-state index contributed by atoms with van der Waals surface area (Å²) in [6.45, 7) is 0.567. The predicted molar refractivity (Wildman–Crippen MR) is 134 cm³/mol. The molecule has 0 spiro atoms. The number of anilines is 2. The van der Waals surface area contributed by atoms with Crippen LogP contribution in [0.1, 0.15) is 31.2 Å². The lowest BCUT2D eigenvalue weighted by molar-refractivity contribution is 0.0600. The summed E-state index contributed by atoms with van der Waals surface area (Å²) in [7, 11) is -1.40. The zero-order valence-corrected chi connectivity index (χ0v) is 21.1. The maximum Gasteiger partial charge on any atom is 0.409 e. The number of amides is 2. The van der Waals surface area contributed by atoms with Crippen LogP contribution in [-0.2, 0) is 32.5 Å². The lowest BCUT2D eigenvalue weighted by Gasteiger charge is -2.25. The van der Waals surface area contributed by atoms with Gasteiger partial charge in [0, 0.05) is 11.4 Å². The minimum atomic E-state index is -3.94. The molecule has 1 aliphatic rings. The van der Waals surface area contributed by atoms with E-state index in [9.17, 15) is 22.8 Å². The van der Waals surface area contributed by atoms with Gasteiger partial charge in [-0.05, 0) is 36.2 Å². The molecule has 0 atom stereocenters. The van der Waals surface area contributed by atoms with Gasteiger partial charge in [0.15, 0.2) is 0 Å². The molecule has 0 fully saturated rings. The molecule has 12 heteroatoms. The highest BCUT2D eigenvalue weighted by molar-refractivity contribution is 7.92. The zero-order chi connectivity index (χ0) is 25.9. The second kappa shape index (κ2) is 10.4. The van der Waals surface area contributed by atoms with Crippen molar-refractivity contribution in [3.05, 3.63) is 76.2 Å². The van der Waals surface area contributed by atoms with Crippen LogP contribution in [0.5, 0.6) is 0 Å². The van der Waals surface area contributed by atoms with E-state index in [-0.39, 0.29) is 33.3 Å². The first-order valence-corrected chi connectivity index (χ1v) is 13.1. The van der Waals surface area contributed by atoms with Crippen LogP contribution in [0.3, 0.4) is 0 Å². The van der Waals surface area contributed by atoms with Gasteiger partial charge >= 0.3 is 12.1 Å². The SMILES string of the molecule is COC(=O)c1c(NC(=O)c2ccccc2NS(=O)(=O)c2ccccc2)sc2c1CCN(C(=O)OC)C2. The van der Waals surface area contributed by atoms with Crippen molar-refractivity contribution in [3.63, 3.8) is 0 Å². The van der Waals surface area contributed by atoms with Gasteiger partial charge in [0.25, 0.3) is 15.9 Å². The summed E-state index contributed by atoms with van der Waals surface area (Å²) in [4.78, 5) is 40.1. The topological polar surface area (TPSA) is 131 Å². The van der Waals surface area contributed by atoms with Crippen molar-refractivity contribution >= 4 is 50.0 Å². The van der Waals surface area contributed by atoms with Gasteiger partial charge in [0.05, 0.1) is 42.5 Å². The van der Waals surface area contributed by atoms with Gasteiger partial charge < -0.3 is 19.7 Å². The largest absolute Gasteiger partial charge is 0.465 e. The Balaban J connectivity index is 1.64. The maximum atomic E-state index is 13.3. The van der Waals surface area contributed by atoms with Crippen LogP contribution in [0.15, 0.2) is 59.5 Å². The lowest BCUT2D eigenvalue weighted by Crippen LogP contribution is -2.35. The number of ether oxygens (including phenoxy) is 2. The number of sulfonamides is 1. The molecule has 0 saturated heterocycles. The lowest BCUT2D eigenvalue weighted by atomic mass is 10.0. The summed E-state index contributed by atoms with van der Waals surface area (Å²) in [5.41, 5.74) is 1.06. The minimum Gasteiger partial charge on any atom is -0.465 e. The number of nitrogens with zero attached hydrogens (tertiary/aromatic N) is 1. The van der Waals surface area contributed by atoms with E-state index in [0.29, 0.717) is 18.5 Å². The number of para-hydroxylation sites is 1. The number of rotatable bonds is 6. The van der Waals surface area contributed by atoms with E-state index in [1.165, 1.54) is 43.4 Å². The summed E-state index contributed by atoms with van der Waals surface area (Å²) in [6.07, 6.45) is -0.104. The van der Waals surface area contributed by atoms with Gasteiger partial charge in [0.2, 0.25) is 0 Å². The molecule has 2 amide bonds. The molecule has 3 aromatic rings. The third kappa shape index (κ3) is 5.04. The first-order valence-electron chi connectivity index (χ1n) is 10.8. The van der Waals surface area contributed by atoms with Crippen LogP contribution in [0.25, 0.3) is 0 Å². The van der Waals surface area contributed by atoms with Gasteiger partial charge in [-0.2, -0.15) is 0 Å². The summed E-state index contributed by atoms with van der Waals surface area (Å²) >= 11 is 1.16. The molecule has 188 valence electrons. The van der Waals surface area contributed by atoms with E-state index >= 15 is 0 Å². The van der Waals surface area contributed by atoms with Crippen LogP contribution in [0, 0.1) is 0 Å². The molecule has 2 heterocycles. The van der Waals surface area contributed by atoms with Gasteiger partial charge in [-0.25, -0.2) is 18.0 Å². The summed E-state index contributed by atoms with van der Waals surface area (Å²) in [5.74, 6) is -1.23. The number of carbonyl (C=O) groups is 3. The van der Waals surface area contributed by atoms with E-state index < -0.39 is 28.0 Å². The molecule has 4 rings (SSSR count). The standard InChI is InChI=1S/C24H23N3O7S2/c1-33-23(29)20-17-12-13-27(24(30)34-2)14-19(17)35-22(20)25-21(28)16-10-6-7-11-18(16)26-36(31,32)15-8-4-3-5-9-15/h3-11,26H,12-14H2,1-2H3,(H,25,28). The highest BCUT2D eigenvalue weighted by Gasteiger charge is 2.31. The quantitative estimate of drug-likeness (QED) is 0.466. The average Bonchev–Trinajstić information content (AvgIpc) is 3.25. The Kier molecular flexibility index (Phi) is 7.27. The van der Waals surface area contributed by atoms with E-state index in [1.807, 2.05) is 0 Å². The zero-order valence-electron chi connectivity index (χ0n) is 19.4. The molecular formula is C24H23N3O7S2. The van der Waals surface area contributed by atoms with Crippen LogP contribution in [0.4, 0.5) is 15.5 Å². The van der Waals surface area contributed by atoms with E-state index in [2.05, 4.69) is 10.0 Å². The Morgan fingerprint density at radius 2 is 1.67 bits per heavy atom. The molecule has 0 bridgehead atoms. The maximum absolute atomic E-state index is 13.3. The fourth-order valence-electron chi connectivity index (χ4n) is 3.84. The molecule has 36 heavy (non-hydrogen) atoms. The van der Waals surface area contributed by atoms with Crippen molar-refractivity contribution in [2.45, 2.75) is 17.9 Å². The normalized spacial score (nSPS) is 12.9. The minimum absolute atomic E-state index is 0.0503. The molecular weight excluding hydrogens is 506 g/mol. The Labute approximate surface area is 211 Å². The molecule has 0 aliphatic carbocycles. The Hall–Kier alpha value is -3.90. The van der Waals surface area contributed by atoms with Crippen LogP contribution in [-0.4, -0.2) is 52.1 Å². The summed E-state index contributed by atoms with van der Waals surface area (Å²) in [6, 6.07) is 13.9. The number of hydrogen-bond acceptors (Lipinski definition) is 8. The van der Waals surface area contributed by atoms with E-state index in [4.69, 9.17) is 9.47 Å². The van der Waals surface area contributed by atoms with Crippen molar-refractivity contribution < 1.29 is 32.3 Å². The van der Waals surface area contributed by atoms with Crippen LogP contribution >= 0.6 is 11.3 Å². The van der Waals surface area contributed by atoms with Crippen molar-refractivity contribution in [1.29, 1.82) is 0 Å². The third-order valence-corrected chi connectivity index (χ3v) is 8.09. The molecule has 0 saturated carbocycles. The fraction of sp³-hybridized carbons (Fsp3) is 0.208. The number of hydrogen-bond donors (Lipinski definition) is 2. The van der Waals surface area contributed by atoms with Crippen LogP contribution in [0.2, 0.25) is 0 Å². The number of nitrogens with one attached hydrogen (secondary N) is 2. The smallest absolute Gasteiger partial charge is 0.409 e. The number of esters is 1. The highest BCUT2D eigenvalue weighted by Crippen LogP contribution is 2.38. The predicted octanol–water partition coefficient (Wildman–Crippen LogP) is 3.71. The van der Waals surface area contributed by atoms with Crippen molar-refractivity contribution in [2.75, 3.05) is 30.8 Å². The number of fused-ring (bicyclic) bond motifs is 1. The monoisotopic (exact) mass is 529 g/mol. The Morgan fingerprint density at radius 1 is 0.972 bits per heavy atom. The average molecular weight is 530 g/mol. The molecule has 2 N–H and O–H groups in total. The summed E-state index contributed by atoms with van der Waals surface area (Å²) in [5, 5.41) is 2.99. The van der Waals surface area contributed by atoms with Gasteiger partial charge in [-0.1, -0.05) is 30.3 Å². The molecule has 1 aromatic heterocycles. The second-order valence-electron chi connectivity index (χ2n) is 7.76. The van der Waals surface area contributed by atoms with E-state index in [0.717, 1.165) is 16.2 Å². The third-order valence-electron chi connectivity index (χ3n) is 5.58. The van der Waals surface area contributed by atoms with Gasteiger partial charge in [0.1, 0.15) is 5.00 Å². The Morgan fingerprint density at radius 3 is 2.36 bits per heavy atom. The van der Waals surface area contributed by atoms with Crippen molar-refractivity contribution in [1.82, 2.24) is 4.90 Å². The number of methoxy groups -OCH3 is 2. The number of benzene rings is 2. The number of carbonyl (C=O) groups excluding carboxylic acids is 3.